The largest absolute Gasteiger partial charge is 0.454 e. The van der Waals surface area contributed by atoms with Crippen molar-refractivity contribution >= 4 is 17.7 Å². The summed E-state index contributed by atoms with van der Waals surface area (Å²) in [7, 11) is 1.80. The summed E-state index contributed by atoms with van der Waals surface area (Å²) in [5.41, 5.74) is 1.65. The molecule has 0 saturated carbocycles. The Bertz CT molecular complexity index is 945. The molecule has 0 unspecified atom stereocenters. The third-order valence-corrected chi connectivity index (χ3v) is 5.12. The number of carbonyl (C=O) groups excluding carboxylic acids is 1. The van der Waals surface area contributed by atoms with Crippen molar-refractivity contribution in [3.05, 3.63) is 78.0 Å². The van der Waals surface area contributed by atoms with E-state index in [-0.39, 0.29) is 12.7 Å². The van der Waals surface area contributed by atoms with Crippen molar-refractivity contribution < 1.29 is 14.3 Å². The zero-order valence-corrected chi connectivity index (χ0v) is 15.6. The van der Waals surface area contributed by atoms with Gasteiger partial charge in [0.2, 0.25) is 6.79 Å². The molecular formula is C21H18N2O3S. The van der Waals surface area contributed by atoms with Crippen molar-refractivity contribution in [2.45, 2.75) is 16.5 Å². The molecule has 0 fully saturated rings. The molecule has 0 radical (unpaired) electrons. The molecule has 0 N–H and O–H groups in total. The van der Waals surface area contributed by atoms with Crippen molar-refractivity contribution in [2.75, 3.05) is 13.8 Å². The lowest BCUT2D eigenvalue weighted by Gasteiger charge is -2.17. The topological polar surface area (TPSA) is 51.7 Å². The smallest absolute Gasteiger partial charge is 0.253 e. The van der Waals surface area contributed by atoms with Crippen LogP contribution in [0.1, 0.15) is 15.9 Å². The quantitative estimate of drug-likeness (QED) is 0.665. The molecule has 27 heavy (non-hydrogen) atoms. The van der Waals surface area contributed by atoms with Gasteiger partial charge in [0.25, 0.3) is 5.91 Å². The summed E-state index contributed by atoms with van der Waals surface area (Å²) in [6, 6.07) is 19.1. The molecule has 0 spiro atoms. The van der Waals surface area contributed by atoms with Crippen LogP contribution in [0.5, 0.6) is 11.5 Å². The van der Waals surface area contributed by atoms with Gasteiger partial charge in [-0.25, -0.2) is 4.98 Å². The Morgan fingerprint density at radius 3 is 2.67 bits per heavy atom. The zero-order valence-electron chi connectivity index (χ0n) is 14.8. The van der Waals surface area contributed by atoms with E-state index in [9.17, 15) is 4.79 Å². The van der Waals surface area contributed by atoms with Crippen LogP contribution in [0.25, 0.3) is 0 Å². The monoisotopic (exact) mass is 378 g/mol. The van der Waals surface area contributed by atoms with Crippen molar-refractivity contribution in [1.29, 1.82) is 0 Å². The zero-order chi connectivity index (χ0) is 18.6. The lowest BCUT2D eigenvalue weighted by molar-refractivity contribution is 0.0785. The molecule has 4 rings (SSSR count). The van der Waals surface area contributed by atoms with E-state index in [1.165, 1.54) is 0 Å². The lowest BCUT2D eigenvalue weighted by Crippen LogP contribution is -2.26. The van der Waals surface area contributed by atoms with E-state index < -0.39 is 0 Å². The van der Waals surface area contributed by atoms with Gasteiger partial charge in [0.1, 0.15) is 5.03 Å². The SMILES string of the molecule is CN(Cc1ccc2c(c1)OCO2)C(=O)c1ccc(Sc2ccccn2)cc1. The maximum Gasteiger partial charge on any atom is 0.253 e. The minimum absolute atomic E-state index is 0.0259. The minimum Gasteiger partial charge on any atom is -0.454 e. The number of hydrogen-bond acceptors (Lipinski definition) is 5. The van der Waals surface area contributed by atoms with Crippen LogP contribution in [-0.4, -0.2) is 29.6 Å². The van der Waals surface area contributed by atoms with Gasteiger partial charge in [-0.1, -0.05) is 23.9 Å². The molecule has 2 heterocycles. The molecule has 0 aliphatic carbocycles. The van der Waals surface area contributed by atoms with E-state index in [0.29, 0.717) is 12.1 Å². The summed E-state index contributed by atoms with van der Waals surface area (Å²) in [5, 5.41) is 0.927. The number of nitrogens with zero attached hydrogens (tertiary/aromatic N) is 2. The first-order valence-corrected chi connectivity index (χ1v) is 9.33. The molecule has 1 aromatic heterocycles. The van der Waals surface area contributed by atoms with Gasteiger partial charge in [-0.2, -0.15) is 0 Å². The molecule has 1 amide bonds. The number of ether oxygens (including phenoxy) is 2. The van der Waals surface area contributed by atoms with Gasteiger partial charge in [-0.3, -0.25) is 4.79 Å². The van der Waals surface area contributed by atoms with Gasteiger partial charge < -0.3 is 14.4 Å². The van der Waals surface area contributed by atoms with Crippen LogP contribution >= 0.6 is 11.8 Å². The Morgan fingerprint density at radius 2 is 1.89 bits per heavy atom. The predicted octanol–water partition coefficient (Wildman–Crippen LogP) is 4.23. The van der Waals surface area contributed by atoms with E-state index in [2.05, 4.69) is 4.98 Å². The van der Waals surface area contributed by atoms with Crippen LogP contribution in [0, 0.1) is 0 Å². The Hall–Kier alpha value is -2.99. The molecule has 2 aromatic carbocycles. The summed E-state index contributed by atoms with van der Waals surface area (Å²) in [6.07, 6.45) is 1.77. The fourth-order valence-electron chi connectivity index (χ4n) is 2.80. The summed E-state index contributed by atoms with van der Waals surface area (Å²) in [5.74, 6) is 1.44. The minimum atomic E-state index is -0.0259. The Morgan fingerprint density at radius 1 is 1.07 bits per heavy atom. The number of pyridine rings is 1. The second-order valence-electron chi connectivity index (χ2n) is 6.14. The maximum absolute atomic E-state index is 12.7. The number of fused-ring (bicyclic) bond motifs is 1. The van der Waals surface area contributed by atoms with E-state index in [4.69, 9.17) is 9.47 Å². The standard InChI is InChI=1S/C21H18N2O3S/c1-23(13-15-5-10-18-19(12-15)26-14-25-18)21(24)16-6-8-17(9-7-16)27-20-4-2-3-11-22-20/h2-12H,13-14H2,1H3. The average molecular weight is 378 g/mol. The molecule has 3 aromatic rings. The molecule has 6 heteroatoms. The third-order valence-electron chi connectivity index (χ3n) is 4.16. The van der Waals surface area contributed by atoms with Gasteiger partial charge in [0.05, 0.1) is 0 Å². The molecular weight excluding hydrogens is 360 g/mol. The van der Waals surface area contributed by atoms with Crippen molar-refractivity contribution in [1.82, 2.24) is 9.88 Å². The van der Waals surface area contributed by atoms with Crippen LogP contribution in [0.15, 0.2) is 76.8 Å². The summed E-state index contributed by atoms with van der Waals surface area (Å²) < 4.78 is 10.7. The van der Waals surface area contributed by atoms with Crippen LogP contribution in [-0.2, 0) is 6.54 Å². The number of hydrogen-bond donors (Lipinski definition) is 0. The normalized spacial score (nSPS) is 12.0. The van der Waals surface area contributed by atoms with Gasteiger partial charge >= 0.3 is 0 Å². The first-order valence-electron chi connectivity index (χ1n) is 8.52. The van der Waals surface area contributed by atoms with E-state index in [1.54, 1.807) is 29.9 Å². The molecule has 0 atom stereocenters. The number of carbonyl (C=O) groups is 1. The highest BCUT2D eigenvalue weighted by Gasteiger charge is 2.16. The second-order valence-corrected chi connectivity index (χ2v) is 7.24. The van der Waals surface area contributed by atoms with Gasteiger partial charge in [-0.05, 0) is 54.1 Å². The Kier molecular flexibility index (Phi) is 4.98. The van der Waals surface area contributed by atoms with Crippen molar-refractivity contribution in [3.63, 3.8) is 0 Å². The number of rotatable bonds is 5. The van der Waals surface area contributed by atoms with Crippen LogP contribution in [0.4, 0.5) is 0 Å². The molecule has 136 valence electrons. The summed E-state index contributed by atoms with van der Waals surface area (Å²) in [6.45, 7) is 0.746. The van der Waals surface area contributed by atoms with Crippen LogP contribution in [0.2, 0.25) is 0 Å². The van der Waals surface area contributed by atoms with Crippen LogP contribution < -0.4 is 9.47 Å². The second kappa shape index (κ2) is 7.72. The number of aromatic nitrogens is 1. The molecule has 1 aliphatic heterocycles. The highest BCUT2D eigenvalue weighted by molar-refractivity contribution is 7.99. The first kappa shape index (κ1) is 17.4. The molecule has 1 aliphatic rings. The van der Waals surface area contributed by atoms with Gasteiger partial charge in [0, 0.05) is 30.2 Å². The highest BCUT2D eigenvalue weighted by atomic mass is 32.2. The molecule has 0 bridgehead atoms. The van der Waals surface area contributed by atoms with Crippen LogP contribution in [0.3, 0.4) is 0 Å². The Labute approximate surface area is 161 Å². The number of benzene rings is 2. The Balaban J connectivity index is 1.41. The maximum atomic E-state index is 12.7. The van der Waals surface area contributed by atoms with Crippen molar-refractivity contribution in [2.24, 2.45) is 0 Å². The summed E-state index contributed by atoms with van der Waals surface area (Å²) in [4.78, 5) is 19.7. The molecule has 0 saturated heterocycles. The lowest BCUT2D eigenvalue weighted by atomic mass is 10.1. The number of amides is 1. The van der Waals surface area contributed by atoms with E-state index in [1.807, 2.05) is 60.7 Å². The molecule has 5 nitrogen and oxygen atoms in total. The highest BCUT2D eigenvalue weighted by Crippen LogP contribution is 2.33. The van der Waals surface area contributed by atoms with E-state index in [0.717, 1.165) is 27.0 Å². The fraction of sp³-hybridized carbons (Fsp3) is 0.143. The van der Waals surface area contributed by atoms with Gasteiger partial charge in [-0.15, -0.1) is 0 Å². The van der Waals surface area contributed by atoms with Gasteiger partial charge in [0.15, 0.2) is 11.5 Å². The average Bonchev–Trinajstić information content (AvgIpc) is 3.16. The first-order chi connectivity index (χ1) is 13.2. The van der Waals surface area contributed by atoms with E-state index >= 15 is 0 Å². The van der Waals surface area contributed by atoms with Crippen molar-refractivity contribution in [3.8, 4) is 11.5 Å². The third kappa shape index (κ3) is 4.06. The summed E-state index contributed by atoms with van der Waals surface area (Å²) >= 11 is 1.57. The fourth-order valence-corrected chi connectivity index (χ4v) is 3.57. The predicted molar refractivity (Wildman–Crippen MR) is 103 cm³/mol.